The smallest absolute Gasteiger partial charge is 0.231 e. The molecule has 0 aromatic heterocycles. The maximum atomic E-state index is 12.1. The van der Waals surface area contributed by atoms with E-state index >= 15 is 0 Å². The molecule has 0 saturated carbocycles. The van der Waals surface area contributed by atoms with Crippen molar-refractivity contribution in [1.82, 2.24) is 5.32 Å². The molecule has 0 unspecified atom stereocenters. The van der Waals surface area contributed by atoms with Gasteiger partial charge in [0.1, 0.15) is 0 Å². The average Bonchev–Trinajstić information content (AvgIpc) is 3.19. The Balaban J connectivity index is 1.26. The second-order valence-corrected chi connectivity index (χ2v) is 6.53. The van der Waals surface area contributed by atoms with Gasteiger partial charge in [0.05, 0.1) is 0 Å². The Morgan fingerprint density at radius 3 is 2.33 bits per heavy atom. The predicted octanol–water partition coefficient (Wildman–Crippen LogP) is 4.33. The first-order valence-electron chi connectivity index (χ1n) is 9.07. The van der Waals surface area contributed by atoms with Crippen molar-refractivity contribution in [2.75, 3.05) is 6.79 Å². The molecule has 1 aliphatic rings. The van der Waals surface area contributed by atoms with E-state index in [9.17, 15) is 4.79 Å². The van der Waals surface area contributed by atoms with Crippen molar-refractivity contribution in [1.29, 1.82) is 0 Å². The van der Waals surface area contributed by atoms with Gasteiger partial charge in [0.15, 0.2) is 11.5 Å². The normalized spacial score (nSPS) is 12.0. The number of carbonyl (C=O) groups is 1. The number of carbonyl (C=O) groups excluding carboxylic acids is 1. The van der Waals surface area contributed by atoms with Crippen molar-refractivity contribution >= 4 is 5.91 Å². The van der Waals surface area contributed by atoms with E-state index in [0.717, 1.165) is 22.6 Å². The summed E-state index contributed by atoms with van der Waals surface area (Å²) in [4.78, 5) is 12.1. The van der Waals surface area contributed by atoms with E-state index < -0.39 is 0 Å². The van der Waals surface area contributed by atoms with Crippen LogP contribution in [0.25, 0.3) is 11.1 Å². The van der Waals surface area contributed by atoms with Crippen molar-refractivity contribution in [3.05, 3.63) is 83.9 Å². The van der Waals surface area contributed by atoms with Crippen LogP contribution in [0.3, 0.4) is 0 Å². The molecule has 0 radical (unpaired) electrons. The molecule has 0 saturated heterocycles. The minimum Gasteiger partial charge on any atom is -0.454 e. The summed E-state index contributed by atoms with van der Waals surface area (Å²) in [6, 6.07) is 24.3. The minimum atomic E-state index is 0.0415. The third kappa shape index (κ3) is 4.29. The van der Waals surface area contributed by atoms with Crippen molar-refractivity contribution in [3.8, 4) is 22.6 Å². The standard InChI is InChI=1S/C23H21NO3/c25-23(13-9-17-8-12-21-22(14-17)27-16-26-21)24-15-18-6-10-20(11-7-18)19-4-2-1-3-5-19/h1-8,10-12,14H,9,13,15-16H2,(H,24,25). The zero-order valence-electron chi connectivity index (χ0n) is 15.0. The van der Waals surface area contributed by atoms with Crippen LogP contribution >= 0.6 is 0 Å². The summed E-state index contributed by atoms with van der Waals surface area (Å²) in [6.45, 7) is 0.803. The van der Waals surface area contributed by atoms with E-state index in [1.807, 2.05) is 36.4 Å². The third-order valence-electron chi connectivity index (χ3n) is 4.63. The first-order chi connectivity index (χ1) is 13.3. The van der Waals surface area contributed by atoms with Gasteiger partial charge in [-0.05, 0) is 40.8 Å². The highest BCUT2D eigenvalue weighted by Crippen LogP contribution is 2.32. The van der Waals surface area contributed by atoms with Crippen molar-refractivity contribution in [2.24, 2.45) is 0 Å². The van der Waals surface area contributed by atoms with Crippen molar-refractivity contribution in [3.63, 3.8) is 0 Å². The van der Waals surface area contributed by atoms with Crippen LogP contribution in [0.4, 0.5) is 0 Å². The summed E-state index contributed by atoms with van der Waals surface area (Å²) in [5.74, 6) is 1.56. The van der Waals surface area contributed by atoms with Gasteiger partial charge < -0.3 is 14.8 Å². The molecule has 136 valence electrons. The van der Waals surface area contributed by atoms with E-state index in [1.54, 1.807) is 0 Å². The van der Waals surface area contributed by atoms with Crippen LogP contribution in [0.15, 0.2) is 72.8 Å². The first kappa shape index (κ1) is 17.2. The van der Waals surface area contributed by atoms with Crippen molar-refractivity contribution in [2.45, 2.75) is 19.4 Å². The van der Waals surface area contributed by atoms with Gasteiger partial charge in [0.2, 0.25) is 12.7 Å². The first-order valence-corrected chi connectivity index (χ1v) is 9.07. The minimum absolute atomic E-state index is 0.0415. The molecule has 3 aromatic rings. The quantitative estimate of drug-likeness (QED) is 0.712. The summed E-state index contributed by atoms with van der Waals surface area (Å²) >= 11 is 0. The van der Waals surface area contributed by atoms with Crippen LogP contribution in [0.1, 0.15) is 17.5 Å². The molecule has 0 aliphatic carbocycles. The SMILES string of the molecule is O=C(CCc1ccc2c(c1)OCO2)NCc1ccc(-c2ccccc2)cc1. The molecule has 27 heavy (non-hydrogen) atoms. The molecule has 4 rings (SSSR count). The van der Waals surface area contributed by atoms with Gasteiger partial charge in [0, 0.05) is 13.0 Å². The number of hydrogen-bond acceptors (Lipinski definition) is 3. The molecule has 3 aromatic carbocycles. The molecule has 0 fully saturated rings. The summed E-state index contributed by atoms with van der Waals surface area (Å²) in [5, 5.41) is 2.99. The molecular formula is C23H21NO3. The Labute approximate surface area is 158 Å². The lowest BCUT2D eigenvalue weighted by atomic mass is 10.0. The summed E-state index contributed by atoms with van der Waals surface area (Å²) in [5.41, 5.74) is 4.53. The summed E-state index contributed by atoms with van der Waals surface area (Å²) in [7, 11) is 0. The van der Waals surface area contributed by atoms with Gasteiger partial charge in [-0.1, -0.05) is 60.7 Å². The van der Waals surface area contributed by atoms with E-state index in [-0.39, 0.29) is 12.7 Å². The largest absolute Gasteiger partial charge is 0.454 e. The Kier molecular flexibility index (Phi) is 5.06. The fourth-order valence-corrected chi connectivity index (χ4v) is 3.09. The predicted molar refractivity (Wildman–Crippen MR) is 105 cm³/mol. The Bertz CT molecular complexity index is 920. The van der Waals surface area contributed by atoms with Crippen LogP contribution < -0.4 is 14.8 Å². The number of aryl methyl sites for hydroxylation is 1. The van der Waals surface area contributed by atoms with E-state index in [0.29, 0.717) is 19.4 Å². The van der Waals surface area contributed by atoms with Gasteiger partial charge in [0.25, 0.3) is 0 Å². The lowest BCUT2D eigenvalue weighted by molar-refractivity contribution is -0.121. The van der Waals surface area contributed by atoms with E-state index in [4.69, 9.17) is 9.47 Å². The number of fused-ring (bicyclic) bond motifs is 1. The number of amides is 1. The molecule has 1 amide bonds. The second kappa shape index (κ2) is 7.96. The van der Waals surface area contributed by atoms with Crippen LogP contribution in [-0.4, -0.2) is 12.7 Å². The van der Waals surface area contributed by atoms with Crippen LogP contribution in [0.2, 0.25) is 0 Å². The molecule has 0 bridgehead atoms. The lowest BCUT2D eigenvalue weighted by Crippen LogP contribution is -2.22. The maximum absolute atomic E-state index is 12.1. The summed E-state index contributed by atoms with van der Waals surface area (Å²) in [6.07, 6.45) is 1.12. The second-order valence-electron chi connectivity index (χ2n) is 6.53. The highest BCUT2D eigenvalue weighted by molar-refractivity contribution is 5.76. The number of hydrogen-bond donors (Lipinski definition) is 1. The topological polar surface area (TPSA) is 47.6 Å². The van der Waals surface area contributed by atoms with Crippen LogP contribution in [-0.2, 0) is 17.8 Å². The lowest BCUT2D eigenvalue weighted by Gasteiger charge is -2.07. The zero-order chi connectivity index (χ0) is 18.5. The van der Waals surface area contributed by atoms with Gasteiger partial charge in [-0.25, -0.2) is 0 Å². The molecule has 4 nitrogen and oxygen atoms in total. The highest BCUT2D eigenvalue weighted by Gasteiger charge is 2.13. The third-order valence-corrected chi connectivity index (χ3v) is 4.63. The van der Waals surface area contributed by atoms with Gasteiger partial charge in [-0.2, -0.15) is 0 Å². The van der Waals surface area contributed by atoms with Gasteiger partial charge in [-0.15, -0.1) is 0 Å². The molecule has 0 spiro atoms. The fraction of sp³-hybridized carbons (Fsp3) is 0.174. The van der Waals surface area contributed by atoms with Crippen molar-refractivity contribution < 1.29 is 14.3 Å². The molecular weight excluding hydrogens is 338 g/mol. The van der Waals surface area contributed by atoms with E-state index in [1.165, 1.54) is 11.1 Å². The molecule has 1 heterocycles. The van der Waals surface area contributed by atoms with Gasteiger partial charge in [-0.3, -0.25) is 4.79 Å². The number of benzene rings is 3. The monoisotopic (exact) mass is 359 g/mol. The Morgan fingerprint density at radius 2 is 1.52 bits per heavy atom. The van der Waals surface area contributed by atoms with Crippen LogP contribution in [0, 0.1) is 0 Å². The number of ether oxygens (including phenoxy) is 2. The zero-order valence-corrected chi connectivity index (χ0v) is 15.0. The maximum Gasteiger partial charge on any atom is 0.231 e. The average molecular weight is 359 g/mol. The number of rotatable bonds is 6. The van der Waals surface area contributed by atoms with Crippen LogP contribution in [0.5, 0.6) is 11.5 Å². The number of nitrogens with one attached hydrogen (secondary N) is 1. The molecule has 1 aliphatic heterocycles. The highest BCUT2D eigenvalue weighted by atomic mass is 16.7. The Hall–Kier alpha value is -3.27. The molecule has 1 N–H and O–H groups in total. The molecule has 4 heteroatoms. The molecule has 0 atom stereocenters. The Morgan fingerprint density at radius 1 is 0.815 bits per heavy atom. The van der Waals surface area contributed by atoms with Gasteiger partial charge >= 0.3 is 0 Å². The fourth-order valence-electron chi connectivity index (χ4n) is 3.09. The summed E-state index contributed by atoms with van der Waals surface area (Å²) < 4.78 is 10.7. The van der Waals surface area contributed by atoms with E-state index in [2.05, 4.69) is 41.7 Å².